The van der Waals surface area contributed by atoms with Crippen LogP contribution < -0.4 is 0 Å². The largest absolute Gasteiger partial charge is 0.462 e. The zero-order valence-electron chi connectivity index (χ0n) is 8.37. The van der Waals surface area contributed by atoms with E-state index in [9.17, 15) is 9.59 Å². The lowest BCUT2D eigenvalue weighted by Gasteiger charge is -2.19. The first-order valence-electron chi connectivity index (χ1n) is 4.27. The minimum atomic E-state index is -0.368. The lowest BCUT2D eigenvalue weighted by atomic mass is 9.95. The third-order valence-electron chi connectivity index (χ3n) is 1.86. The summed E-state index contributed by atoms with van der Waals surface area (Å²) in [5.74, 6) is -0.599. The highest BCUT2D eigenvalue weighted by Crippen LogP contribution is 2.14. The van der Waals surface area contributed by atoms with E-state index in [4.69, 9.17) is 4.74 Å². The molecule has 2 atom stereocenters. The molecule has 0 rings (SSSR count). The van der Waals surface area contributed by atoms with Crippen LogP contribution in [-0.4, -0.2) is 17.9 Å². The van der Waals surface area contributed by atoms with Gasteiger partial charge in [0.05, 0.1) is 5.92 Å². The molecule has 13 heavy (non-hydrogen) atoms. The Labute approximate surface area is 78.8 Å². The number of esters is 1. The highest BCUT2D eigenvalue weighted by Gasteiger charge is 2.22. The van der Waals surface area contributed by atoms with E-state index in [1.54, 1.807) is 13.0 Å². The minimum absolute atomic E-state index is 0.0219. The summed E-state index contributed by atoms with van der Waals surface area (Å²) in [7, 11) is 0. The van der Waals surface area contributed by atoms with Gasteiger partial charge < -0.3 is 4.74 Å². The van der Waals surface area contributed by atoms with Crippen LogP contribution in [0.2, 0.25) is 0 Å². The van der Waals surface area contributed by atoms with Gasteiger partial charge in [-0.15, -0.1) is 6.58 Å². The van der Waals surface area contributed by atoms with Crippen molar-refractivity contribution in [1.29, 1.82) is 0 Å². The zero-order chi connectivity index (χ0) is 10.4. The van der Waals surface area contributed by atoms with Crippen molar-refractivity contribution in [1.82, 2.24) is 0 Å². The first-order chi connectivity index (χ1) is 5.99. The number of carbonyl (C=O) groups excluding carboxylic acids is 2. The van der Waals surface area contributed by atoms with E-state index >= 15 is 0 Å². The van der Waals surface area contributed by atoms with Gasteiger partial charge in [0.25, 0.3) is 0 Å². The molecule has 0 heterocycles. The van der Waals surface area contributed by atoms with Crippen LogP contribution in [0.1, 0.15) is 27.2 Å². The fourth-order valence-electron chi connectivity index (χ4n) is 1.21. The second-order valence-electron chi connectivity index (χ2n) is 3.06. The average molecular weight is 184 g/mol. The topological polar surface area (TPSA) is 43.4 Å². The third kappa shape index (κ3) is 4.45. The Morgan fingerprint density at radius 2 is 2.00 bits per heavy atom. The Morgan fingerprint density at radius 3 is 2.31 bits per heavy atom. The smallest absolute Gasteiger partial charge is 0.302 e. The van der Waals surface area contributed by atoms with Gasteiger partial charge >= 0.3 is 5.97 Å². The van der Waals surface area contributed by atoms with Crippen molar-refractivity contribution in [3.8, 4) is 0 Å². The maximum atomic E-state index is 11.1. The normalized spacial score (nSPS) is 14.4. The molecular formula is C10H16O3. The van der Waals surface area contributed by atoms with Crippen LogP contribution >= 0.6 is 0 Å². The molecule has 0 N–H and O–H groups in total. The summed E-state index contributed by atoms with van der Waals surface area (Å²) >= 11 is 0. The molecule has 3 nitrogen and oxygen atoms in total. The Hall–Kier alpha value is -1.12. The van der Waals surface area contributed by atoms with E-state index in [0.29, 0.717) is 6.42 Å². The molecule has 1 unspecified atom stereocenters. The van der Waals surface area contributed by atoms with E-state index in [0.717, 1.165) is 0 Å². The third-order valence-corrected chi connectivity index (χ3v) is 1.86. The average Bonchev–Trinajstić information content (AvgIpc) is 1.97. The Kier molecular flexibility index (Phi) is 5.04. The molecule has 0 aliphatic carbocycles. The van der Waals surface area contributed by atoms with E-state index in [2.05, 4.69) is 6.58 Å². The number of ether oxygens (including phenoxy) is 1. The monoisotopic (exact) mass is 184 g/mol. The standard InChI is InChI=1S/C10H16O3/c1-5-6-10(7(2)11)8(3)13-9(4)12/h5,8,10H,1,6H2,2-4H3/t8-,10?/m1/s1. The van der Waals surface area contributed by atoms with Crippen LogP contribution in [0.4, 0.5) is 0 Å². The molecule has 0 bridgehead atoms. The molecule has 0 aromatic carbocycles. The van der Waals surface area contributed by atoms with Gasteiger partial charge in [-0.1, -0.05) is 6.08 Å². The molecule has 0 spiro atoms. The number of ketones is 1. The second-order valence-corrected chi connectivity index (χ2v) is 3.06. The molecule has 0 aromatic rings. The summed E-state index contributed by atoms with van der Waals surface area (Å²) in [5.41, 5.74) is 0. The van der Waals surface area contributed by atoms with E-state index in [1.165, 1.54) is 13.8 Å². The summed E-state index contributed by atoms with van der Waals surface area (Å²) in [6.45, 7) is 8.10. The molecule has 0 aliphatic heterocycles. The van der Waals surface area contributed by atoms with Crippen molar-refractivity contribution in [2.75, 3.05) is 0 Å². The van der Waals surface area contributed by atoms with Crippen molar-refractivity contribution in [2.45, 2.75) is 33.3 Å². The first-order valence-corrected chi connectivity index (χ1v) is 4.27. The van der Waals surface area contributed by atoms with Crippen molar-refractivity contribution < 1.29 is 14.3 Å². The Balaban J connectivity index is 4.26. The van der Waals surface area contributed by atoms with E-state index in [1.807, 2.05) is 0 Å². The van der Waals surface area contributed by atoms with Gasteiger partial charge in [-0.05, 0) is 20.3 Å². The summed E-state index contributed by atoms with van der Waals surface area (Å²) in [4.78, 5) is 21.7. The van der Waals surface area contributed by atoms with E-state index in [-0.39, 0.29) is 23.8 Å². The zero-order valence-corrected chi connectivity index (χ0v) is 8.37. The van der Waals surface area contributed by atoms with Gasteiger partial charge in [-0.2, -0.15) is 0 Å². The molecule has 0 fully saturated rings. The van der Waals surface area contributed by atoms with Crippen molar-refractivity contribution in [2.24, 2.45) is 5.92 Å². The molecule has 0 saturated carbocycles. The van der Waals surface area contributed by atoms with Crippen molar-refractivity contribution in [3.63, 3.8) is 0 Å². The SMILES string of the molecule is C=CCC(C(C)=O)[C@@H](C)OC(C)=O. The number of hydrogen-bond acceptors (Lipinski definition) is 3. The summed E-state index contributed by atoms with van der Waals surface area (Å²) in [5, 5.41) is 0. The van der Waals surface area contributed by atoms with Crippen LogP contribution in [0, 0.1) is 5.92 Å². The first kappa shape index (κ1) is 11.9. The Bertz CT molecular complexity index is 208. The predicted molar refractivity (Wildman–Crippen MR) is 50.2 cm³/mol. The molecular weight excluding hydrogens is 168 g/mol. The van der Waals surface area contributed by atoms with Crippen LogP contribution in [0.3, 0.4) is 0 Å². The molecule has 0 saturated heterocycles. The lowest BCUT2D eigenvalue weighted by molar-refractivity contribution is -0.149. The number of Topliss-reactive ketones (excluding diaryl/α,β-unsaturated/α-hetero) is 1. The van der Waals surface area contributed by atoms with Gasteiger partial charge in [0.2, 0.25) is 0 Å². The molecule has 74 valence electrons. The summed E-state index contributed by atoms with van der Waals surface area (Å²) in [6, 6.07) is 0. The van der Waals surface area contributed by atoms with Gasteiger partial charge in [0.1, 0.15) is 11.9 Å². The van der Waals surface area contributed by atoms with Crippen molar-refractivity contribution in [3.05, 3.63) is 12.7 Å². The number of allylic oxidation sites excluding steroid dienone is 1. The maximum absolute atomic E-state index is 11.1. The van der Waals surface area contributed by atoms with Gasteiger partial charge in [-0.3, -0.25) is 9.59 Å². The molecule has 3 heteroatoms. The summed E-state index contributed by atoms with van der Waals surface area (Å²) < 4.78 is 4.92. The van der Waals surface area contributed by atoms with Crippen LogP contribution in [0.25, 0.3) is 0 Å². The maximum Gasteiger partial charge on any atom is 0.302 e. The minimum Gasteiger partial charge on any atom is -0.462 e. The molecule has 0 aliphatic rings. The molecule has 0 aromatic heterocycles. The van der Waals surface area contributed by atoms with E-state index < -0.39 is 0 Å². The highest BCUT2D eigenvalue weighted by molar-refractivity contribution is 5.79. The summed E-state index contributed by atoms with van der Waals surface area (Å²) in [6.07, 6.45) is 1.84. The number of hydrogen-bond donors (Lipinski definition) is 0. The van der Waals surface area contributed by atoms with Gasteiger partial charge in [0, 0.05) is 6.92 Å². The molecule has 0 amide bonds. The fraction of sp³-hybridized carbons (Fsp3) is 0.600. The van der Waals surface area contributed by atoms with Gasteiger partial charge in [0.15, 0.2) is 0 Å². The molecule has 0 radical (unpaired) electrons. The van der Waals surface area contributed by atoms with Gasteiger partial charge in [-0.25, -0.2) is 0 Å². The second kappa shape index (κ2) is 5.51. The quantitative estimate of drug-likeness (QED) is 0.482. The van der Waals surface area contributed by atoms with Crippen LogP contribution in [0.15, 0.2) is 12.7 Å². The van der Waals surface area contributed by atoms with Crippen LogP contribution in [0.5, 0.6) is 0 Å². The number of rotatable bonds is 5. The number of carbonyl (C=O) groups is 2. The lowest BCUT2D eigenvalue weighted by Crippen LogP contribution is -2.27. The van der Waals surface area contributed by atoms with Crippen molar-refractivity contribution >= 4 is 11.8 Å². The predicted octanol–water partition coefficient (Wildman–Crippen LogP) is 1.72. The fourth-order valence-corrected chi connectivity index (χ4v) is 1.21. The Morgan fingerprint density at radius 1 is 1.46 bits per heavy atom. The van der Waals surface area contributed by atoms with Crippen LogP contribution in [-0.2, 0) is 14.3 Å². The highest BCUT2D eigenvalue weighted by atomic mass is 16.5.